The minimum absolute atomic E-state index is 0.122. The number of hydrogen-bond donors (Lipinski definition) is 0. The van der Waals surface area contributed by atoms with Crippen molar-refractivity contribution < 1.29 is 9.18 Å². The van der Waals surface area contributed by atoms with Gasteiger partial charge in [-0.25, -0.2) is 9.07 Å². The van der Waals surface area contributed by atoms with Gasteiger partial charge in [0.2, 0.25) is 0 Å². The van der Waals surface area contributed by atoms with Gasteiger partial charge in [-0.05, 0) is 43.3 Å². The van der Waals surface area contributed by atoms with Crippen LogP contribution < -0.4 is 0 Å². The van der Waals surface area contributed by atoms with E-state index < -0.39 is 0 Å². The normalized spacial score (nSPS) is 15.0. The highest BCUT2D eigenvalue weighted by Gasteiger charge is 2.26. The summed E-state index contributed by atoms with van der Waals surface area (Å²) in [6.07, 6.45) is 1.79. The van der Waals surface area contributed by atoms with Gasteiger partial charge in [0.25, 0.3) is 5.91 Å². The number of pyridine rings is 1. The molecule has 1 saturated heterocycles. The van der Waals surface area contributed by atoms with Crippen LogP contribution in [0.1, 0.15) is 21.9 Å². The molecule has 1 aliphatic rings. The quantitative estimate of drug-likeness (QED) is 0.693. The van der Waals surface area contributed by atoms with Gasteiger partial charge in [-0.2, -0.15) is 0 Å². The monoisotopic (exact) mass is 380 g/mol. The Kier molecular flexibility index (Phi) is 5.12. The van der Waals surface area contributed by atoms with Gasteiger partial charge in [0.15, 0.2) is 5.69 Å². The number of piperazine rings is 1. The summed E-state index contributed by atoms with van der Waals surface area (Å²) in [5, 5.41) is 8.16. The lowest BCUT2D eigenvalue weighted by atomic mass is 10.2. The van der Waals surface area contributed by atoms with E-state index in [-0.39, 0.29) is 11.7 Å². The van der Waals surface area contributed by atoms with Crippen molar-refractivity contribution in [2.75, 3.05) is 26.2 Å². The van der Waals surface area contributed by atoms with Crippen molar-refractivity contribution >= 4 is 5.91 Å². The van der Waals surface area contributed by atoms with Crippen molar-refractivity contribution in [3.05, 3.63) is 71.6 Å². The SMILES string of the molecule is Cc1c(C(=O)N2CCN(Cc3ccccn3)CC2)nnn1-c1ccc(F)cc1. The summed E-state index contributed by atoms with van der Waals surface area (Å²) < 4.78 is 14.7. The number of nitrogens with zero attached hydrogens (tertiary/aromatic N) is 6. The van der Waals surface area contributed by atoms with Crippen molar-refractivity contribution in [2.45, 2.75) is 13.5 Å². The molecule has 28 heavy (non-hydrogen) atoms. The molecule has 144 valence electrons. The van der Waals surface area contributed by atoms with Crippen LogP contribution in [0.15, 0.2) is 48.7 Å². The first-order valence-electron chi connectivity index (χ1n) is 9.21. The molecule has 4 rings (SSSR count). The molecule has 0 atom stereocenters. The number of carbonyl (C=O) groups excluding carboxylic acids is 1. The largest absolute Gasteiger partial charge is 0.335 e. The molecule has 1 fully saturated rings. The van der Waals surface area contributed by atoms with Gasteiger partial charge in [-0.15, -0.1) is 5.10 Å². The summed E-state index contributed by atoms with van der Waals surface area (Å²) >= 11 is 0. The van der Waals surface area contributed by atoms with E-state index in [2.05, 4.69) is 20.2 Å². The predicted molar refractivity (Wildman–Crippen MR) is 101 cm³/mol. The molecule has 1 amide bonds. The Balaban J connectivity index is 1.41. The van der Waals surface area contributed by atoms with Crippen LogP contribution in [0.5, 0.6) is 0 Å². The lowest BCUT2D eigenvalue weighted by molar-refractivity contribution is 0.0620. The first-order valence-corrected chi connectivity index (χ1v) is 9.21. The van der Waals surface area contributed by atoms with Gasteiger partial charge in [-0.3, -0.25) is 14.7 Å². The Hall–Kier alpha value is -3.13. The summed E-state index contributed by atoms with van der Waals surface area (Å²) in [5.74, 6) is -0.440. The maximum absolute atomic E-state index is 13.1. The van der Waals surface area contributed by atoms with Crippen LogP contribution >= 0.6 is 0 Å². The third-order valence-electron chi connectivity index (χ3n) is 4.94. The highest BCUT2D eigenvalue weighted by Crippen LogP contribution is 2.16. The van der Waals surface area contributed by atoms with Gasteiger partial charge >= 0.3 is 0 Å². The van der Waals surface area contributed by atoms with Crippen molar-refractivity contribution in [1.29, 1.82) is 0 Å². The lowest BCUT2D eigenvalue weighted by Crippen LogP contribution is -2.48. The summed E-state index contributed by atoms with van der Waals surface area (Å²) in [5.41, 5.74) is 2.68. The van der Waals surface area contributed by atoms with Crippen LogP contribution in [0.3, 0.4) is 0 Å². The average molecular weight is 380 g/mol. The summed E-state index contributed by atoms with van der Waals surface area (Å²) in [6.45, 7) is 5.42. The van der Waals surface area contributed by atoms with E-state index in [9.17, 15) is 9.18 Å². The average Bonchev–Trinajstić information content (AvgIpc) is 3.11. The highest BCUT2D eigenvalue weighted by atomic mass is 19.1. The number of aromatic nitrogens is 4. The Labute approximate surface area is 162 Å². The van der Waals surface area contributed by atoms with Crippen LogP contribution in [0.2, 0.25) is 0 Å². The topological polar surface area (TPSA) is 67.2 Å². The fourth-order valence-corrected chi connectivity index (χ4v) is 3.33. The standard InChI is InChI=1S/C20H21FN6O/c1-15-19(23-24-27(15)18-7-5-16(21)6-8-18)20(28)26-12-10-25(11-13-26)14-17-4-2-3-9-22-17/h2-9H,10-14H2,1H3. The van der Waals surface area contributed by atoms with Gasteiger partial charge in [0.1, 0.15) is 5.82 Å². The first-order chi connectivity index (χ1) is 13.6. The Morgan fingerprint density at radius 3 is 2.50 bits per heavy atom. The van der Waals surface area contributed by atoms with Gasteiger partial charge in [0, 0.05) is 38.9 Å². The summed E-state index contributed by atoms with van der Waals surface area (Å²) in [4.78, 5) is 21.4. The molecule has 1 aromatic carbocycles. The zero-order chi connectivity index (χ0) is 19.5. The Morgan fingerprint density at radius 1 is 1.07 bits per heavy atom. The molecule has 3 heterocycles. The molecule has 0 bridgehead atoms. The van der Waals surface area contributed by atoms with Crippen molar-refractivity contribution in [1.82, 2.24) is 29.8 Å². The van der Waals surface area contributed by atoms with E-state index in [0.29, 0.717) is 30.2 Å². The fourth-order valence-electron chi connectivity index (χ4n) is 3.33. The zero-order valence-corrected chi connectivity index (χ0v) is 15.6. The minimum atomic E-state index is -0.318. The van der Waals surface area contributed by atoms with E-state index in [0.717, 1.165) is 25.3 Å². The van der Waals surface area contributed by atoms with E-state index in [1.54, 1.807) is 34.8 Å². The van der Waals surface area contributed by atoms with Crippen LogP contribution in [-0.4, -0.2) is 61.9 Å². The Bertz CT molecular complexity index is 949. The molecule has 1 aliphatic heterocycles. The van der Waals surface area contributed by atoms with Crippen molar-refractivity contribution in [3.8, 4) is 5.69 Å². The third kappa shape index (κ3) is 3.77. The molecule has 0 spiro atoms. The molecular formula is C20H21FN6O. The summed E-state index contributed by atoms with van der Waals surface area (Å²) in [6, 6.07) is 11.8. The molecule has 0 radical (unpaired) electrons. The number of carbonyl (C=O) groups is 1. The van der Waals surface area contributed by atoms with E-state index in [4.69, 9.17) is 0 Å². The number of rotatable bonds is 4. The maximum Gasteiger partial charge on any atom is 0.276 e. The van der Waals surface area contributed by atoms with Crippen molar-refractivity contribution in [2.24, 2.45) is 0 Å². The lowest BCUT2D eigenvalue weighted by Gasteiger charge is -2.34. The molecule has 7 nitrogen and oxygen atoms in total. The third-order valence-corrected chi connectivity index (χ3v) is 4.94. The number of benzene rings is 1. The molecule has 2 aromatic heterocycles. The second kappa shape index (κ2) is 7.85. The molecular weight excluding hydrogens is 359 g/mol. The van der Waals surface area contributed by atoms with Gasteiger partial charge in [-0.1, -0.05) is 11.3 Å². The molecule has 0 saturated carbocycles. The molecule has 3 aromatic rings. The second-order valence-corrected chi connectivity index (χ2v) is 6.80. The van der Waals surface area contributed by atoms with Crippen LogP contribution in [0.25, 0.3) is 5.69 Å². The van der Waals surface area contributed by atoms with Crippen LogP contribution in [-0.2, 0) is 6.54 Å². The van der Waals surface area contributed by atoms with E-state index >= 15 is 0 Å². The fraction of sp³-hybridized carbons (Fsp3) is 0.300. The summed E-state index contributed by atoms with van der Waals surface area (Å²) in [7, 11) is 0. The molecule has 0 N–H and O–H groups in total. The van der Waals surface area contributed by atoms with E-state index in [1.807, 2.05) is 18.2 Å². The minimum Gasteiger partial charge on any atom is -0.335 e. The number of amides is 1. The van der Waals surface area contributed by atoms with Gasteiger partial charge in [0.05, 0.1) is 17.1 Å². The van der Waals surface area contributed by atoms with Crippen LogP contribution in [0.4, 0.5) is 4.39 Å². The van der Waals surface area contributed by atoms with Gasteiger partial charge < -0.3 is 4.90 Å². The number of halogens is 1. The molecule has 0 unspecified atom stereocenters. The smallest absolute Gasteiger partial charge is 0.276 e. The maximum atomic E-state index is 13.1. The van der Waals surface area contributed by atoms with E-state index in [1.165, 1.54) is 12.1 Å². The highest BCUT2D eigenvalue weighted by molar-refractivity contribution is 5.93. The Morgan fingerprint density at radius 2 is 1.82 bits per heavy atom. The van der Waals surface area contributed by atoms with Crippen molar-refractivity contribution in [3.63, 3.8) is 0 Å². The predicted octanol–water partition coefficient (Wildman–Crippen LogP) is 2.07. The molecule has 8 heteroatoms. The first kappa shape index (κ1) is 18.2. The van der Waals surface area contributed by atoms with Crippen LogP contribution in [0, 0.1) is 12.7 Å². The number of hydrogen-bond acceptors (Lipinski definition) is 5. The molecule has 0 aliphatic carbocycles. The second-order valence-electron chi connectivity index (χ2n) is 6.80. The zero-order valence-electron chi connectivity index (χ0n) is 15.6.